The Morgan fingerprint density at radius 3 is 2.52 bits per heavy atom. The Morgan fingerprint density at radius 2 is 1.86 bits per heavy atom. The molecule has 0 bridgehead atoms. The van der Waals surface area contributed by atoms with Gasteiger partial charge < -0.3 is 10.1 Å². The minimum atomic E-state index is -3.97. The first-order chi connectivity index (χ1) is 13.7. The van der Waals surface area contributed by atoms with Crippen molar-refractivity contribution >= 4 is 27.5 Å². The highest BCUT2D eigenvalue weighted by Crippen LogP contribution is 2.23. The highest BCUT2D eigenvalue weighted by atomic mass is 32.2. The highest BCUT2D eigenvalue weighted by Gasteiger charge is 2.28. The molecular formula is C20H20FN3O4S. The van der Waals surface area contributed by atoms with Crippen molar-refractivity contribution in [1.29, 1.82) is 0 Å². The number of anilines is 1. The van der Waals surface area contributed by atoms with E-state index in [9.17, 15) is 17.6 Å². The maximum absolute atomic E-state index is 13.7. The van der Waals surface area contributed by atoms with Gasteiger partial charge in [0.15, 0.2) is 0 Å². The molecule has 0 saturated heterocycles. The highest BCUT2D eigenvalue weighted by molar-refractivity contribution is 7.88. The Kier molecular flexibility index (Phi) is 5.69. The van der Waals surface area contributed by atoms with Gasteiger partial charge in [-0.15, -0.1) is 4.40 Å². The summed E-state index contributed by atoms with van der Waals surface area (Å²) < 4.78 is 48.4. The molecule has 3 rings (SSSR count). The van der Waals surface area contributed by atoms with Crippen molar-refractivity contribution in [2.24, 2.45) is 4.40 Å². The van der Waals surface area contributed by atoms with E-state index in [1.807, 2.05) is 0 Å². The molecule has 0 atom stereocenters. The lowest BCUT2D eigenvalue weighted by molar-refractivity contribution is -0.112. The molecule has 2 aromatic carbocycles. The molecule has 7 nitrogen and oxygen atoms in total. The fraction of sp³-hybridized carbons (Fsp3) is 0.200. The Bertz CT molecular complexity index is 1110. The van der Waals surface area contributed by atoms with E-state index in [-0.39, 0.29) is 23.4 Å². The van der Waals surface area contributed by atoms with Gasteiger partial charge in [0.2, 0.25) is 0 Å². The first kappa shape index (κ1) is 20.5. The average molecular weight is 417 g/mol. The number of benzene rings is 2. The van der Waals surface area contributed by atoms with Crippen LogP contribution in [0.3, 0.4) is 0 Å². The van der Waals surface area contributed by atoms with E-state index in [1.165, 1.54) is 32.4 Å². The molecule has 2 aromatic rings. The molecule has 0 aliphatic carbocycles. The predicted octanol–water partition coefficient (Wildman–Crippen LogP) is 3.19. The first-order valence-electron chi connectivity index (χ1n) is 8.71. The van der Waals surface area contributed by atoms with Crippen LogP contribution in [0.1, 0.15) is 18.1 Å². The van der Waals surface area contributed by atoms with Gasteiger partial charge in [-0.05, 0) is 43.7 Å². The topological polar surface area (TPSA) is 88.1 Å². The molecule has 0 radical (unpaired) electrons. The number of amides is 1. The zero-order valence-corrected chi connectivity index (χ0v) is 17.0. The van der Waals surface area contributed by atoms with Gasteiger partial charge in [-0.2, -0.15) is 8.42 Å². The van der Waals surface area contributed by atoms with Crippen LogP contribution in [0.25, 0.3) is 0 Å². The van der Waals surface area contributed by atoms with Crippen molar-refractivity contribution in [1.82, 2.24) is 4.31 Å². The SMILES string of the molecule is COc1ccc(CN2C=C(C(=O)Nc3cccc(F)c3C)C(C)=NS2(=O)=O)cc1. The second-order valence-electron chi connectivity index (χ2n) is 6.46. The zero-order valence-electron chi connectivity index (χ0n) is 16.1. The van der Waals surface area contributed by atoms with Crippen LogP contribution in [-0.4, -0.2) is 31.5 Å². The Balaban J connectivity index is 1.87. The molecular weight excluding hydrogens is 397 g/mol. The van der Waals surface area contributed by atoms with Crippen molar-refractivity contribution < 1.29 is 22.3 Å². The molecule has 1 amide bonds. The Hall–Kier alpha value is -3.20. The van der Waals surface area contributed by atoms with Crippen LogP contribution >= 0.6 is 0 Å². The van der Waals surface area contributed by atoms with Gasteiger partial charge in [0.05, 0.1) is 24.9 Å². The minimum Gasteiger partial charge on any atom is -0.497 e. The number of carbonyl (C=O) groups is 1. The fourth-order valence-electron chi connectivity index (χ4n) is 2.77. The summed E-state index contributed by atoms with van der Waals surface area (Å²) in [5.74, 6) is -0.380. The molecule has 29 heavy (non-hydrogen) atoms. The van der Waals surface area contributed by atoms with Crippen molar-refractivity contribution in [3.05, 3.63) is 71.2 Å². The van der Waals surface area contributed by atoms with Crippen LogP contribution in [0.5, 0.6) is 5.75 Å². The molecule has 0 spiro atoms. The third-order valence-electron chi connectivity index (χ3n) is 4.47. The van der Waals surface area contributed by atoms with Gasteiger partial charge in [0.1, 0.15) is 11.6 Å². The summed E-state index contributed by atoms with van der Waals surface area (Å²) in [4.78, 5) is 12.7. The maximum Gasteiger partial charge on any atom is 0.344 e. The first-order valence-corrected chi connectivity index (χ1v) is 10.1. The van der Waals surface area contributed by atoms with Crippen LogP contribution in [0.4, 0.5) is 10.1 Å². The van der Waals surface area contributed by atoms with Gasteiger partial charge in [-0.3, -0.25) is 9.10 Å². The molecule has 1 heterocycles. The van der Waals surface area contributed by atoms with E-state index in [0.717, 1.165) is 4.31 Å². The third kappa shape index (κ3) is 4.45. The third-order valence-corrected chi connectivity index (χ3v) is 5.80. The molecule has 0 aromatic heterocycles. The molecule has 0 fully saturated rings. The Labute approximate surface area is 168 Å². The largest absolute Gasteiger partial charge is 0.497 e. The normalized spacial score (nSPS) is 15.4. The van der Waals surface area contributed by atoms with Gasteiger partial charge in [0.25, 0.3) is 5.91 Å². The zero-order chi connectivity index (χ0) is 21.2. The molecule has 0 unspecified atom stereocenters. The van der Waals surface area contributed by atoms with Crippen molar-refractivity contribution in [3.8, 4) is 5.75 Å². The number of rotatable bonds is 5. The summed E-state index contributed by atoms with van der Waals surface area (Å²) in [5, 5.41) is 2.61. The standard InChI is InChI=1S/C20H20FN3O4S/c1-13-18(21)5-4-6-19(13)22-20(25)17-12-24(29(26,27)23-14(17)2)11-15-7-9-16(28-3)10-8-15/h4-10,12H,11H2,1-3H3,(H,22,25). The Morgan fingerprint density at radius 1 is 1.17 bits per heavy atom. The lowest BCUT2D eigenvalue weighted by Gasteiger charge is -2.24. The van der Waals surface area contributed by atoms with Crippen LogP contribution in [0.15, 0.2) is 58.6 Å². The van der Waals surface area contributed by atoms with Crippen molar-refractivity contribution in [3.63, 3.8) is 0 Å². The lowest BCUT2D eigenvalue weighted by atomic mass is 10.1. The molecule has 9 heteroatoms. The number of carbonyl (C=O) groups excluding carboxylic acids is 1. The summed E-state index contributed by atoms with van der Waals surface area (Å²) in [5.41, 5.74) is 1.43. The molecule has 1 aliphatic rings. The van der Waals surface area contributed by atoms with Crippen molar-refractivity contribution in [2.75, 3.05) is 12.4 Å². The van der Waals surface area contributed by atoms with Crippen LogP contribution in [0, 0.1) is 12.7 Å². The number of methoxy groups -OCH3 is 1. The molecule has 0 saturated carbocycles. The number of hydrogen-bond donors (Lipinski definition) is 1. The molecule has 152 valence electrons. The quantitative estimate of drug-likeness (QED) is 0.809. The molecule has 1 N–H and O–H groups in total. The van der Waals surface area contributed by atoms with Gasteiger partial charge in [-0.25, -0.2) is 4.39 Å². The van der Waals surface area contributed by atoms with E-state index < -0.39 is 21.9 Å². The summed E-state index contributed by atoms with van der Waals surface area (Å²) >= 11 is 0. The van der Waals surface area contributed by atoms with Crippen LogP contribution < -0.4 is 10.1 Å². The summed E-state index contributed by atoms with van der Waals surface area (Å²) in [7, 11) is -2.43. The fourth-order valence-corrected chi connectivity index (χ4v) is 3.87. The summed E-state index contributed by atoms with van der Waals surface area (Å²) in [6, 6.07) is 11.2. The second-order valence-corrected chi connectivity index (χ2v) is 8.00. The minimum absolute atomic E-state index is 0.00111. The van der Waals surface area contributed by atoms with E-state index >= 15 is 0 Å². The van der Waals surface area contributed by atoms with E-state index in [2.05, 4.69) is 9.71 Å². The number of nitrogens with one attached hydrogen (secondary N) is 1. The summed E-state index contributed by atoms with van der Waals surface area (Å²) in [6.07, 6.45) is 1.24. The lowest BCUT2D eigenvalue weighted by Crippen LogP contribution is -2.32. The number of nitrogens with zero attached hydrogens (tertiary/aromatic N) is 2. The number of hydrogen-bond acceptors (Lipinski definition) is 4. The smallest absolute Gasteiger partial charge is 0.344 e. The van der Waals surface area contributed by atoms with Crippen LogP contribution in [-0.2, 0) is 21.5 Å². The van der Waals surface area contributed by atoms with Crippen LogP contribution in [0.2, 0.25) is 0 Å². The maximum atomic E-state index is 13.7. The monoisotopic (exact) mass is 417 g/mol. The molecule has 1 aliphatic heterocycles. The average Bonchev–Trinajstić information content (AvgIpc) is 2.67. The summed E-state index contributed by atoms with van der Waals surface area (Å²) in [6.45, 7) is 2.98. The van der Waals surface area contributed by atoms with Gasteiger partial charge >= 0.3 is 10.2 Å². The van der Waals surface area contributed by atoms with Gasteiger partial charge in [-0.1, -0.05) is 18.2 Å². The van der Waals surface area contributed by atoms with E-state index in [4.69, 9.17) is 4.74 Å². The number of ether oxygens (including phenoxy) is 1. The van der Waals surface area contributed by atoms with E-state index in [1.54, 1.807) is 37.3 Å². The van der Waals surface area contributed by atoms with E-state index in [0.29, 0.717) is 17.0 Å². The van der Waals surface area contributed by atoms with Crippen molar-refractivity contribution in [2.45, 2.75) is 20.4 Å². The second kappa shape index (κ2) is 8.04. The van der Waals surface area contributed by atoms with Gasteiger partial charge in [0, 0.05) is 17.5 Å². The number of halogens is 1. The predicted molar refractivity (Wildman–Crippen MR) is 108 cm³/mol.